The van der Waals surface area contributed by atoms with Crippen molar-refractivity contribution in [2.24, 2.45) is 5.92 Å². The molecule has 0 N–H and O–H groups in total. The summed E-state index contributed by atoms with van der Waals surface area (Å²) < 4.78 is 0. The van der Waals surface area contributed by atoms with Gasteiger partial charge in [-0.1, -0.05) is 30.3 Å². The molecule has 3 heteroatoms. The molecule has 0 spiro atoms. The maximum Gasteiger partial charge on any atom is 0.140 e. The van der Waals surface area contributed by atoms with Crippen molar-refractivity contribution in [3.63, 3.8) is 0 Å². The molecular weight excluding hydrogens is 224 g/mol. The number of fused-ring (bicyclic) bond motifs is 1. The largest absolute Gasteiger partial charge is 0.301 e. The average Bonchev–Trinajstić information content (AvgIpc) is 2.80. The highest BCUT2D eigenvalue weighted by Gasteiger charge is 2.41. The third-order valence-electron chi connectivity index (χ3n) is 4.30. The number of benzene rings is 1. The van der Waals surface area contributed by atoms with Crippen LogP contribution in [0.5, 0.6) is 0 Å². The van der Waals surface area contributed by atoms with Crippen molar-refractivity contribution >= 4 is 5.78 Å². The van der Waals surface area contributed by atoms with Crippen LogP contribution in [0.15, 0.2) is 30.3 Å². The van der Waals surface area contributed by atoms with E-state index in [1.165, 1.54) is 5.56 Å². The van der Waals surface area contributed by atoms with E-state index in [-0.39, 0.29) is 5.92 Å². The lowest BCUT2D eigenvalue weighted by Gasteiger charge is -2.32. The van der Waals surface area contributed by atoms with E-state index in [0.29, 0.717) is 11.8 Å². The fourth-order valence-electron chi connectivity index (χ4n) is 3.24. The van der Waals surface area contributed by atoms with Gasteiger partial charge in [-0.3, -0.25) is 9.69 Å². The minimum Gasteiger partial charge on any atom is -0.301 e. The van der Waals surface area contributed by atoms with Crippen molar-refractivity contribution < 1.29 is 4.79 Å². The Balaban J connectivity index is 1.69. The maximum absolute atomic E-state index is 12.0. The van der Waals surface area contributed by atoms with Crippen LogP contribution in [-0.2, 0) is 11.3 Å². The van der Waals surface area contributed by atoms with Crippen LogP contribution < -0.4 is 0 Å². The summed E-state index contributed by atoms with van der Waals surface area (Å²) in [5.41, 5.74) is 1.34. The molecule has 0 aliphatic carbocycles. The number of hydrogen-bond donors (Lipinski definition) is 0. The predicted octanol–water partition coefficient (Wildman–Crippen LogP) is 1.39. The second-order valence-corrected chi connectivity index (χ2v) is 5.55. The quantitative estimate of drug-likeness (QED) is 0.785. The summed E-state index contributed by atoms with van der Waals surface area (Å²) in [6, 6.07) is 11.0. The predicted molar refractivity (Wildman–Crippen MR) is 71.3 cm³/mol. The maximum atomic E-state index is 12.0. The standard InChI is InChI=1S/C15H20N2O/c1-16-8-7-15(18)13-10-17(11-14(13)16)9-12-5-3-2-4-6-12/h2-6,13-14H,7-11H2,1H3. The van der Waals surface area contributed by atoms with Crippen LogP contribution in [0, 0.1) is 5.92 Å². The summed E-state index contributed by atoms with van der Waals surface area (Å²) >= 11 is 0. The molecular formula is C15H20N2O. The summed E-state index contributed by atoms with van der Waals surface area (Å²) in [5.74, 6) is 0.709. The van der Waals surface area contributed by atoms with Gasteiger partial charge in [0.15, 0.2) is 0 Å². The lowest BCUT2D eigenvalue weighted by Crippen LogP contribution is -2.46. The van der Waals surface area contributed by atoms with Crippen molar-refractivity contribution in [1.29, 1.82) is 0 Å². The van der Waals surface area contributed by atoms with Gasteiger partial charge < -0.3 is 4.90 Å². The van der Waals surface area contributed by atoms with Crippen LogP contribution in [-0.4, -0.2) is 48.3 Å². The summed E-state index contributed by atoms with van der Waals surface area (Å²) in [4.78, 5) is 16.7. The smallest absolute Gasteiger partial charge is 0.140 e. The van der Waals surface area contributed by atoms with E-state index in [1.54, 1.807) is 0 Å². The number of hydrogen-bond acceptors (Lipinski definition) is 3. The highest BCUT2D eigenvalue weighted by molar-refractivity contribution is 5.83. The Hall–Kier alpha value is -1.19. The molecule has 0 aromatic heterocycles. The molecule has 2 fully saturated rings. The normalized spacial score (nSPS) is 29.5. The molecule has 0 saturated carbocycles. The monoisotopic (exact) mass is 244 g/mol. The van der Waals surface area contributed by atoms with E-state index in [2.05, 4.69) is 41.1 Å². The van der Waals surface area contributed by atoms with Gasteiger partial charge in [-0.15, -0.1) is 0 Å². The zero-order valence-corrected chi connectivity index (χ0v) is 10.9. The number of Topliss-reactive ketones (excluding diaryl/α,β-unsaturated/α-hetero) is 1. The SMILES string of the molecule is CN1CCC(=O)C2CN(Cc3ccccc3)CC21. The summed E-state index contributed by atoms with van der Waals surface area (Å²) in [7, 11) is 2.15. The molecule has 1 aromatic carbocycles. The van der Waals surface area contributed by atoms with Crippen molar-refractivity contribution in [2.45, 2.75) is 19.0 Å². The van der Waals surface area contributed by atoms with Gasteiger partial charge in [-0.2, -0.15) is 0 Å². The van der Waals surface area contributed by atoms with Crippen LogP contribution in [0.3, 0.4) is 0 Å². The second kappa shape index (κ2) is 4.82. The van der Waals surface area contributed by atoms with Gasteiger partial charge in [0.2, 0.25) is 0 Å². The zero-order valence-electron chi connectivity index (χ0n) is 10.9. The molecule has 0 radical (unpaired) electrons. The first-order chi connectivity index (χ1) is 8.74. The van der Waals surface area contributed by atoms with Crippen LogP contribution in [0.2, 0.25) is 0 Å². The topological polar surface area (TPSA) is 23.6 Å². The number of likely N-dealkylation sites (tertiary alicyclic amines) is 2. The van der Waals surface area contributed by atoms with Gasteiger partial charge in [0, 0.05) is 44.6 Å². The van der Waals surface area contributed by atoms with Crippen molar-refractivity contribution in [3.05, 3.63) is 35.9 Å². The Morgan fingerprint density at radius 1 is 1.22 bits per heavy atom. The minimum atomic E-state index is 0.243. The summed E-state index contributed by atoms with van der Waals surface area (Å²) in [6.45, 7) is 3.86. The van der Waals surface area contributed by atoms with E-state index in [9.17, 15) is 4.79 Å². The Morgan fingerprint density at radius 2 is 2.00 bits per heavy atom. The van der Waals surface area contributed by atoms with Crippen LogP contribution >= 0.6 is 0 Å². The van der Waals surface area contributed by atoms with Crippen LogP contribution in [0.1, 0.15) is 12.0 Å². The van der Waals surface area contributed by atoms with Gasteiger partial charge in [0.25, 0.3) is 0 Å². The Morgan fingerprint density at radius 3 is 2.72 bits per heavy atom. The highest BCUT2D eigenvalue weighted by Crippen LogP contribution is 2.28. The lowest BCUT2D eigenvalue weighted by molar-refractivity contribution is -0.126. The molecule has 2 unspecified atom stereocenters. The third-order valence-corrected chi connectivity index (χ3v) is 4.30. The van der Waals surface area contributed by atoms with Gasteiger partial charge in [0.1, 0.15) is 5.78 Å². The van der Waals surface area contributed by atoms with E-state index in [0.717, 1.165) is 32.6 Å². The highest BCUT2D eigenvalue weighted by atomic mass is 16.1. The minimum absolute atomic E-state index is 0.243. The fraction of sp³-hybridized carbons (Fsp3) is 0.533. The number of carbonyl (C=O) groups is 1. The number of likely N-dealkylation sites (N-methyl/N-ethyl adjacent to an activating group) is 1. The van der Waals surface area contributed by atoms with Gasteiger partial charge in [-0.25, -0.2) is 0 Å². The number of piperidine rings is 1. The van der Waals surface area contributed by atoms with E-state index in [4.69, 9.17) is 0 Å². The number of nitrogens with zero attached hydrogens (tertiary/aromatic N) is 2. The van der Waals surface area contributed by atoms with Gasteiger partial charge in [0.05, 0.1) is 0 Å². The molecule has 0 bridgehead atoms. The number of carbonyl (C=O) groups excluding carboxylic acids is 1. The van der Waals surface area contributed by atoms with Crippen LogP contribution in [0.4, 0.5) is 0 Å². The first kappa shape index (κ1) is 11.9. The molecule has 0 amide bonds. The van der Waals surface area contributed by atoms with Gasteiger partial charge >= 0.3 is 0 Å². The van der Waals surface area contributed by atoms with Crippen LogP contribution in [0.25, 0.3) is 0 Å². The second-order valence-electron chi connectivity index (χ2n) is 5.55. The molecule has 3 nitrogen and oxygen atoms in total. The molecule has 1 aromatic rings. The van der Waals surface area contributed by atoms with Crippen molar-refractivity contribution in [3.8, 4) is 0 Å². The van der Waals surface area contributed by atoms with Crippen molar-refractivity contribution in [2.75, 3.05) is 26.7 Å². The van der Waals surface area contributed by atoms with Gasteiger partial charge in [-0.05, 0) is 12.6 Å². The van der Waals surface area contributed by atoms with E-state index >= 15 is 0 Å². The molecule has 2 aliphatic heterocycles. The molecule has 2 heterocycles. The Kier molecular flexibility index (Phi) is 3.18. The lowest BCUT2D eigenvalue weighted by atomic mass is 9.91. The average molecular weight is 244 g/mol. The number of rotatable bonds is 2. The van der Waals surface area contributed by atoms with Crippen molar-refractivity contribution in [1.82, 2.24) is 9.80 Å². The Labute approximate surface area is 108 Å². The number of ketones is 1. The molecule has 3 rings (SSSR count). The summed E-state index contributed by atoms with van der Waals surface area (Å²) in [6.07, 6.45) is 0.733. The first-order valence-corrected chi connectivity index (χ1v) is 6.73. The molecule has 2 saturated heterocycles. The molecule has 18 heavy (non-hydrogen) atoms. The first-order valence-electron chi connectivity index (χ1n) is 6.73. The molecule has 2 aliphatic rings. The van der Waals surface area contributed by atoms with E-state index < -0.39 is 0 Å². The third kappa shape index (κ3) is 2.20. The fourth-order valence-corrected chi connectivity index (χ4v) is 3.24. The summed E-state index contributed by atoms with van der Waals surface area (Å²) in [5, 5.41) is 0. The van der Waals surface area contributed by atoms with E-state index in [1.807, 2.05) is 6.07 Å². The molecule has 2 atom stereocenters. The molecule has 96 valence electrons. The zero-order chi connectivity index (χ0) is 12.5. The Bertz CT molecular complexity index is 431.